The van der Waals surface area contributed by atoms with Gasteiger partial charge in [-0.3, -0.25) is 14.4 Å². The fourth-order valence-electron chi connectivity index (χ4n) is 4.86. The second-order valence-electron chi connectivity index (χ2n) is 9.66. The molecule has 1 aliphatic rings. The first-order valence-electron chi connectivity index (χ1n) is 12.8. The van der Waals surface area contributed by atoms with E-state index < -0.39 is 0 Å². The molecule has 0 saturated carbocycles. The standard InChI is InChI=1S/C28H31Cl2N7O/c1-4-37-18(2)21(15-32-37)17-35(3)28(38)26-24-14-22(29)5-6-25(24)33-27(34-26)20-11-19(12-23(30)13-20)16-36-9-7-31-8-10-36/h5-6,11-15,31H,4,7-10,16-17H2,1-3H3. The Morgan fingerprint density at radius 3 is 2.61 bits per heavy atom. The summed E-state index contributed by atoms with van der Waals surface area (Å²) in [6, 6.07) is 11.2. The smallest absolute Gasteiger partial charge is 0.273 e. The predicted octanol–water partition coefficient (Wildman–Crippen LogP) is 4.81. The molecular formula is C28H31Cl2N7O. The molecule has 3 heterocycles. The van der Waals surface area contributed by atoms with Gasteiger partial charge >= 0.3 is 0 Å². The molecule has 0 aliphatic carbocycles. The van der Waals surface area contributed by atoms with Crippen molar-refractivity contribution < 1.29 is 4.79 Å². The monoisotopic (exact) mass is 551 g/mol. The van der Waals surface area contributed by atoms with Crippen molar-refractivity contribution in [3.05, 3.63) is 75.2 Å². The van der Waals surface area contributed by atoms with Crippen LogP contribution < -0.4 is 5.32 Å². The van der Waals surface area contributed by atoms with Crippen LogP contribution in [-0.4, -0.2) is 68.7 Å². The zero-order valence-electron chi connectivity index (χ0n) is 21.8. The maximum Gasteiger partial charge on any atom is 0.273 e. The summed E-state index contributed by atoms with van der Waals surface area (Å²) in [5.74, 6) is 0.239. The number of carbonyl (C=O) groups is 1. The third-order valence-electron chi connectivity index (χ3n) is 6.95. The van der Waals surface area contributed by atoms with Crippen LogP contribution >= 0.6 is 23.2 Å². The number of nitrogens with zero attached hydrogens (tertiary/aromatic N) is 6. The summed E-state index contributed by atoms with van der Waals surface area (Å²) in [7, 11) is 1.77. The lowest BCUT2D eigenvalue weighted by atomic mass is 10.1. The van der Waals surface area contributed by atoms with Crippen LogP contribution in [-0.2, 0) is 19.6 Å². The minimum absolute atomic E-state index is 0.215. The van der Waals surface area contributed by atoms with E-state index in [-0.39, 0.29) is 5.91 Å². The molecule has 1 N–H and O–H groups in total. The van der Waals surface area contributed by atoms with Gasteiger partial charge in [0, 0.05) is 85.1 Å². The Hall–Kier alpha value is -3.04. The van der Waals surface area contributed by atoms with Crippen molar-refractivity contribution in [1.82, 2.24) is 34.9 Å². The van der Waals surface area contributed by atoms with E-state index in [0.717, 1.165) is 61.7 Å². The zero-order chi connectivity index (χ0) is 26.8. The third kappa shape index (κ3) is 5.68. The molecule has 2 aromatic carbocycles. The SMILES string of the molecule is CCn1ncc(CN(C)C(=O)c2nc(-c3cc(Cl)cc(CN4CCNCC4)c3)nc3ccc(Cl)cc23)c1C. The molecule has 10 heteroatoms. The average Bonchev–Trinajstić information content (AvgIpc) is 3.26. The van der Waals surface area contributed by atoms with Crippen LogP contribution in [0.5, 0.6) is 0 Å². The third-order valence-corrected chi connectivity index (χ3v) is 7.40. The van der Waals surface area contributed by atoms with Crippen LogP contribution in [0.2, 0.25) is 10.0 Å². The molecule has 2 aromatic heterocycles. The van der Waals surface area contributed by atoms with Gasteiger partial charge in [0.25, 0.3) is 5.91 Å². The van der Waals surface area contributed by atoms with Crippen LogP contribution in [0.15, 0.2) is 42.6 Å². The molecule has 8 nitrogen and oxygen atoms in total. The van der Waals surface area contributed by atoms with Gasteiger partial charge in [0.05, 0.1) is 11.7 Å². The largest absolute Gasteiger partial charge is 0.336 e. The zero-order valence-corrected chi connectivity index (χ0v) is 23.4. The maximum atomic E-state index is 13.8. The van der Waals surface area contributed by atoms with E-state index in [0.29, 0.717) is 39.0 Å². The van der Waals surface area contributed by atoms with E-state index >= 15 is 0 Å². The number of nitrogens with one attached hydrogen (secondary N) is 1. The molecule has 0 spiro atoms. The summed E-state index contributed by atoms with van der Waals surface area (Å²) in [6.07, 6.45) is 1.81. The number of amides is 1. The number of aryl methyl sites for hydroxylation is 1. The fourth-order valence-corrected chi connectivity index (χ4v) is 5.29. The van der Waals surface area contributed by atoms with Crippen molar-refractivity contribution in [3.63, 3.8) is 0 Å². The van der Waals surface area contributed by atoms with Crippen molar-refractivity contribution >= 4 is 40.0 Å². The Morgan fingerprint density at radius 2 is 1.87 bits per heavy atom. The molecule has 1 amide bonds. The molecule has 0 unspecified atom stereocenters. The van der Waals surface area contributed by atoms with Gasteiger partial charge in [-0.2, -0.15) is 5.10 Å². The van der Waals surface area contributed by atoms with Gasteiger partial charge in [0.1, 0.15) is 5.69 Å². The van der Waals surface area contributed by atoms with Gasteiger partial charge in [0.2, 0.25) is 0 Å². The minimum atomic E-state index is -0.215. The van der Waals surface area contributed by atoms with Crippen LogP contribution in [0, 0.1) is 6.92 Å². The van der Waals surface area contributed by atoms with Crippen molar-refractivity contribution in [3.8, 4) is 11.4 Å². The topological polar surface area (TPSA) is 79.2 Å². The molecule has 5 rings (SSSR count). The number of rotatable bonds is 7. The lowest BCUT2D eigenvalue weighted by Crippen LogP contribution is -2.42. The molecule has 1 aliphatic heterocycles. The highest BCUT2D eigenvalue weighted by Gasteiger charge is 2.22. The highest BCUT2D eigenvalue weighted by Crippen LogP contribution is 2.28. The van der Waals surface area contributed by atoms with Crippen LogP contribution in [0.25, 0.3) is 22.3 Å². The molecule has 1 fully saturated rings. The molecule has 38 heavy (non-hydrogen) atoms. The van der Waals surface area contributed by atoms with Gasteiger partial charge in [-0.1, -0.05) is 23.2 Å². The molecule has 1 saturated heterocycles. The molecular weight excluding hydrogens is 521 g/mol. The summed E-state index contributed by atoms with van der Waals surface area (Å²) in [5, 5.41) is 9.53. The molecule has 0 bridgehead atoms. The number of piperazine rings is 1. The second kappa shape index (κ2) is 11.4. The number of fused-ring (bicyclic) bond motifs is 1. The summed E-state index contributed by atoms with van der Waals surface area (Å²) in [5.41, 5.74) is 4.85. The summed E-state index contributed by atoms with van der Waals surface area (Å²) in [6.45, 7) is 9.95. The lowest BCUT2D eigenvalue weighted by molar-refractivity contribution is 0.0781. The minimum Gasteiger partial charge on any atom is -0.336 e. The van der Waals surface area contributed by atoms with Gasteiger partial charge in [-0.05, 0) is 55.8 Å². The number of benzene rings is 2. The van der Waals surface area contributed by atoms with E-state index in [1.807, 2.05) is 42.9 Å². The number of hydrogen-bond donors (Lipinski definition) is 1. The number of halogens is 2. The van der Waals surface area contributed by atoms with E-state index in [4.69, 9.17) is 33.2 Å². The van der Waals surface area contributed by atoms with Crippen molar-refractivity contribution in [2.75, 3.05) is 33.2 Å². The maximum absolute atomic E-state index is 13.8. The Balaban J connectivity index is 1.51. The van der Waals surface area contributed by atoms with E-state index in [2.05, 4.69) is 21.4 Å². The van der Waals surface area contributed by atoms with Crippen molar-refractivity contribution in [2.24, 2.45) is 0 Å². The number of aromatic nitrogens is 4. The highest BCUT2D eigenvalue weighted by molar-refractivity contribution is 6.31. The molecule has 0 radical (unpaired) electrons. The van der Waals surface area contributed by atoms with Gasteiger partial charge in [-0.15, -0.1) is 0 Å². The van der Waals surface area contributed by atoms with Gasteiger partial charge < -0.3 is 10.2 Å². The van der Waals surface area contributed by atoms with E-state index in [1.165, 1.54) is 0 Å². The molecule has 0 atom stereocenters. The van der Waals surface area contributed by atoms with E-state index in [1.54, 1.807) is 24.1 Å². The highest BCUT2D eigenvalue weighted by atomic mass is 35.5. The Kier molecular flexibility index (Phi) is 7.95. The number of carbonyl (C=O) groups excluding carboxylic acids is 1. The summed E-state index contributed by atoms with van der Waals surface area (Å²) < 4.78 is 1.92. The predicted molar refractivity (Wildman–Crippen MR) is 152 cm³/mol. The van der Waals surface area contributed by atoms with Crippen molar-refractivity contribution in [2.45, 2.75) is 33.5 Å². The first-order valence-corrected chi connectivity index (χ1v) is 13.5. The summed E-state index contributed by atoms with van der Waals surface area (Å²) in [4.78, 5) is 27.4. The number of hydrogen-bond acceptors (Lipinski definition) is 6. The Labute approximate surface area is 232 Å². The van der Waals surface area contributed by atoms with Crippen LogP contribution in [0.3, 0.4) is 0 Å². The normalized spacial score (nSPS) is 14.2. The quantitative estimate of drug-likeness (QED) is 0.355. The summed E-state index contributed by atoms with van der Waals surface area (Å²) >= 11 is 12.9. The molecule has 4 aromatic rings. The van der Waals surface area contributed by atoms with E-state index in [9.17, 15) is 4.79 Å². The average molecular weight is 553 g/mol. The van der Waals surface area contributed by atoms with Crippen LogP contribution in [0.4, 0.5) is 0 Å². The molecule has 198 valence electrons. The second-order valence-corrected chi connectivity index (χ2v) is 10.5. The fraction of sp³-hybridized carbons (Fsp3) is 0.357. The van der Waals surface area contributed by atoms with Crippen molar-refractivity contribution in [1.29, 1.82) is 0 Å². The first-order chi connectivity index (χ1) is 18.3. The van der Waals surface area contributed by atoms with Gasteiger partial charge in [-0.25, -0.2) is 9.97 Å². The first kappa shape index (κ1) is 26.6. The Bertz CT molecular complexity index is 1480. The van der Waals surface area contributed by atoms with Gasteiger partial charge in [0.15, 0.2) is 5.82 Å². The Morgan fingerprint density at radius 1 is 1.08 bits per heavy atom. The lowest BCUT2D eigenvalue weighted by Gasteiger charge is -2.27. The van der Waals surface area contributed by atoms with Crippen LogP contribution in [0.1, 0.15) is 34.2 Å².